The van der Waals surface area contributed by atoms with Crippen molar-refractivity contribution in [1.29, 1.82) is 0 Å². The van der Waals surface area contributed by atoms with Crippen molar-refractivity contribution in [1.82, 2.24) is 10.3 Å². The maximum atomic E-state index is 11.9. The lowest BCUT2D eigenvalue weighted by molar-refractivity contribution is -0.118. The molecule has 1 atom stereocenters. The number of aromatic nitrogens is 1. The first-order valence-corrected chi connectivity index (χ1v) is 8.17. The summed E-state index contributed by atoms with van der Waals surface area (Å²) in [5.41, 5.74) is 1.28. The normalized spacial score (nSPS) is 16.8. The number of Topliss-reactive ketones (excluding diaryl/α,β-unsaturated/α-hetero) is 1. The predicted octanol–water partition coefficient (Wildman–Crippen LogP) is 2.24. The van der Waals surface area contributed by atoms with Crippen LogP contribution in [-0.2, 0) is 11.2 Å². The molecule has 2 heterocycles. The molecule has 0 aliphatic carbocycles. The molecule has 0 saturated carbocycles. The van der Waals surface area contributed by atoms with E-state index < -0.39 is 5.25 Å². The van der Waals surface area contributed by atoms with E-state index in [2.05, 4.69) is 10.3 Å². The summed E-state index contributed by atoms with van der Waals surface area (Å²) < 4.78 is 5.46. The fourth-order valence-corrected chi connectivity index (χ4v) is 3.07. The largest absolute Gasteiger partial charge is 0.485 e. The molecule has 122 valence electrons. The van der Waals surface area contributed by atoms with Gasteiger partial charge in [-0.3, -0.25) is 24.7 Å². The summed E-state index contributed by atoms with van der Waals surface area (Å²) in [6.45, 7) is -0.0915. The highest BCUT2D eigenvalue weighted by Crippen LogP contribution is 2.23. The molecule has 1 N–H and O–H groups in total. The van der Waals surface area contributed by atoms with Crippen molar-refractivity contribution in [3.63, 3.8) is 0 Å². The van der Waals surface area contributed by atoms with Gasteiger partial charge in [-0.2, -0.15) is 0 Å². The van der Waals surface area contributed by atoms with Crippen LogP contribution in [-0.4, -0.2) is 33.8 Å². The van der Waals surface area contributed by atoms with E-state index in [-0.39, 0.29) is 23.5 Å². The molecule has 1 aromatic carbocycles. The molecular weight excluding hydrogens is 328 g/mol. The van der Waals surface area contributed by atoms with Gasteiger partial charge in [-0.25, -0.2) is 0 Å². The highest BCUT2D eigenvalue weighted by Gasteiger charge is 2.31. The Labute approximate surface area is 142 Å². The first-order valence-electron chi connectivity index (χ1n) is 7.29. The Balaban J connectivity index is 1.54. The Morgan fingerprint density at radius 2 is 1.96 bits per heavy atom. The smallest absolute Gasteiger partial charge is 0.286 e. The van der Waals surface area contributed by atoms with E-state index in [0.717, 1.165) is 17.3 Å². The third kappa shape index (κ3) is 3.99. The van der Waals surface area contributed by atoms with Crippen molar-refractivity contribution in [3.8, 4) is 5.75 Å². The maximum absolute atomic E-state index is 11.9. The molecule has 1 fully saturated rings. The van der Waals surface area contributed by atoms with Crippen LogP contribution in [0.3, 0.4) is 0 Å². The van der Waals surface area contributed by atoms with Crippen LogP contribution in [0, 0.1) is 0 Å². The molecule has 7 heteroatoms. The number of hydrogen-bond donors (Lipinski definition) is 1. The molecule has 1 aromatic heterocycles. The molecule has 1 aliphatic heterocycles. The summed E-state index contributed by atoms with van der Waals surface area (Å²) >= 11 is 1.00. The van der Waals surface area contributed by atoms with Crippen LogP contribution < -0.4 is 10.1 Å². The van der Waals surface area contributed by atoms with Crippen LogP contribution >= 0.6 is 11.8 Å². The van der Waals surface area contributed by atoms with E-state index in [1.165, 1.54) is 0 Å². The number of ether oxygens (including phenoxy) is 1. The summed E-state index contributed by atoms with van der Waals surface area (Å²) in [5, 5.41) is 1.56. The van der Waals surface area contributed by atoms with Crippen LogP contribution in [0.1, 0.15) is 16.1 Å². The first kappa shape index (κ1) is 16.2. The molecule has 1 aliphatic rings. The minimum Gasteiger partial charge on any atom is -0.485 e. The average Bonchev–Trinajstić information content (AvgIpc) is 2.92. The zero-order valence-electron chi connectivity index (χ0n) is 12.6. The number of pyridine rings is 1. The van der Waals surface area contributed by atoms with Crippen LogP contribution in [0.5, 0.6) is 5.75 Å². The fraction of sp³-hybridized carbons (Fsp3) is 0.176. The number of nitrogens with zero attached hydrogens (tertiary/aromatic N) is 1. The summed E-state index contributed by atoms with van der Waals surface area (Å²) in [5.74, 6) is 0.103. The topological polar surface area (TPSA) is 85.4 Å². The van der Waals surface area contributed by atoms with Gasteiger partial charge < -0.3 is 4.74 Å². The second-order valence-electron chi connectivity index (χ2n) is 5.16. The summed E-state index contributed by atoms with van der Waals surface area (Å²) in [7, 11) is 0. The van der Waals surface area contributed by atoms with Gasteiger partial charge in [-0.05, 0) is 36.2 Å². The van der Waals surface area contributed by atoms with Gasteiger partial charge in [-0.15, -0.1) is 0 Å². The van der Waals surface area contributed by atoms with Gasteiger partial charge in [0.05, 0.1) is 5.25 Å². The third-order valence-electron chi connectivity index (χ3n) is 3.43. The van der Waals surface area contributed by atoms with Gasteiger partial charge in [0.1, 0.15) is 11.4 Å². The summed E-state index contributed by atoms with van der Waals surface area (Å²) in [6.07, 6.45) is 2.03. The number of carbonyl (C=O) groups excluding carboxylic acids is 3. The summed E-state index contributed by atoms with van der Waals surface area (Å²) in [6, 6.07) is 12.2. The van der Waals surface area contributed by atoms with Gasteiger partial charge in [0.2, 0.25) is 11.7 Å². The van der Waals surface area contributed by atoms with E-state index in [9.17, 15) is 14.4 Å². The van der Waals surface area contributed by atoms with E-state index in [4.69, 9.17) is 4.74 Å². The van der Waals surface area contributed by atoms with Crippen molar-refractivity contribution < 1.29 is 19.1 Å². The number of carbonyl (C=O) groups is 3. The number of imide groups is 1. The molecule has 2 aromatic rings. The molecule has 0 radical (unpaired) electrons. The molecule has 24 heavy (non-hydrogen) atoms. The Hall–Kier alpha value is -2.67. The predicted molar refractivity (Wildman–Crippen MR) is 89.1 cm³/mol. The molecule has 1 unspecified atom stereocenters. The molecular formula is C17H14N2O4S. The zero-order valence-corrected chi connectivity index (χ0v) is 13.4. The molecule has 2 amide bonds. The molecule has 6 nitrogen and oxygen atoms in total. The Kier molecular flexibility index (Phi) is 4.90. The van der Waals surface area contributed by atoms with Gasteiger partial charge in [0.15, 0.2) is 6.61 Å². The van der Waals surface area contributed by atoms with Gasteiger partial charge in [0, 0.05) is 6.20 Å². The van der Waals surface area contributed by atoms with Crippen molar-refractivity contribution in [2.45, 2.75) is 11.7 Å². The zero-order chi connectivity index (χ0) is 16.9. The average molecular weight is 342 g/mol. The number of thioether (sulfide) groups is 1. The van der Waals surface area contributed by atoms with E-state index in [0.29, 0.717) is 17.9 Å². The SMILES string of the molecule is O=C1NC(=O)C(Cc2ccc(OCC(=O)c3ccccn3)cc2)S1. The number of amides is 2. The minimum absolute atomic E-state index is 0.0915. The van der Waals surface area contributed by atoms with Crippen molar-refractivity contribution in [2.75, 3.05) is 6.61 Å². The Morgan fingerprint density at radius 3 is 2.58 bits per heavy atom. The number of ketones is 1. The van der Waals surface area contributed by atoms with Crippen LogP contribution in [0.15, 0.2) is 48.7 Å². The van der Waals surface area contributed by atoms with Gasteiger partial charge in [0.25, 0.3) is 5.24 Å². The molecule has 0 bridgehead atoms. The lowest BCUT2D eigenvalue weighted by Crippen LogP contribution is -2.25. The third-order valence-corrected chi connectivity index (χ3v) is 4.41. The number of nitrogens with one attached hydrogen (secondary N) is 1. The van der Waals surface area contributed by atoms with E-state index in [1.807, 2.05) is 12.1 Å². The van der Waals surface area contributed by atoms with Gasteiger partial charge in [-0.1, -0.05) is 30.0 Å². The lowest BCUT2D eigenvalue weighted by atomic mass is 10.1. The molecule has 1 saturated heterocycles. The lowest BCUT2D eigenvalue weighted by Gasteiger charge is -2.08. The van der Waals surface area contributed by atoms with Crippen LogP contribution in [0.2, 0.25) is 0 Å². The Morgan fingerprint density at radius 1 is 1.17 bits per heavy atom. The van der Waals surface area contributed by atoms with E-state index >= 15 is 0 Å². The first-order chi connectivity index (χ1) is 11.6. The number of hydrogen-bond acceptors (Lipinski definition) is 6. The highest BCUT2D eigenvalue weighted by molar-refractivity contribution is 8.15. The fourth-order valence-electron chi connectivity index (χ4n) is 2.21. The standard InChI is InChI=1S/C17H14N2O4S/c20-14(13-3-1-2-8-18-13)10-23-12-6-4-11(5-7-12)9-15-16(21)19-17(22)24-15/h1-8,15H,9-10H2,(H,19,21,22). The van der Waals surface area contributed by atoms with Crippen LogP contribution in [0.4, 0.5) is 4.79 Å². The Bertz CT molecular complexity index is 762. The monoisotopic (exact) mass is 342 g/mol. The second kappa shape index (κ2) is 7.27. The summed E-state index contributed by atoms with van der Waals surface area (Å²) in [4.78, 5) is 38.6. The highest BCUT2D eigenvalue weighted by atomic mass is 32.2. The minimum atomic E-state index is -0.394. The maximum Gasteiger partial charge on any atom is 0.286 e. The molecule has 0 spiro atoms. The van der Waals surface area contributed by atoms with Crippen LogP contribution in [0.25, 0.3) is 0 Å². The van der Waals surface area contributed by atoms with Crippen molar-refractivity contribution in [2.24, 2.45) is 0 Å². The van der Waals surface area contributed by atoms with E-state index in [1.54, 1.807) is 36.5 Å². The second-order valence-corrected chi connectivity index (χ2v) is 6.33. The van der Waals surface area contributed by atoms with Crippen molar-refractivity contribution in [3.05, 3.63) is 59.9 Å². The number of benzene rings is 1. The molecule has 3 rings (SSSR count). The van der Waals surface area contributed by atoms with Crippen molar-refractivity contribution >= 4 is 28.7 Å². The van der Waals surface area contributed by atoms with Gasteiger partial charge >= 0.3 is 0 Å². The number of rotatable bonds is 6. The quantitative estimate of drug-likeness (QED) is 0.811.